The molecule has 0 saturated carbocycles. The van der Waals surface area contributed by atoms with Crippen LogP contribution in [0.25, 0.3) is 0 Å². The lowest BCUT2D eigenvalue weighted by Gasteiger charge is -2.29. The van der Waals surface area contributed by atoms with Crippen LogP contribution in [-0.4, -0.2) is 10.3 Å². The second-order valence-electron chi connectivity index (χ2n) is 2.40. The highest BCUT2D eigenvalue weighted by Gasteiger charge is 2.64. The first-order chi connectivity index (χ1) is 6.14. The first-order valence-electron chi connectivity index (χ1n) is 3.01. The molecule has 0 spiro atoms. The summed E-state index contributed by atoms with van der Waals surface area (Å²) in [7, 11) is 0. The van der Waals surface area contributed by atoms with Gasteiger partial charge in [0.1, 0.15) is 0 Å². The Kier molecular flexibility index (Phi) is 2.56. The molecule has 0 heterocycles. The van der Waals surface area contributed by atoms with Crippen molar-refractivity contribution >= 4 is 23.2 Å². The minimum Gasteiger partial charge on any atom is -0.205 e. The van der Waals surface area contributed by atoms with Gasteiger partial charge < -0.3 is 0 Å². The van der Waals surface area contributed by atoms with E-state index in [1.165, 1.54) is 0 Å². The number of hydrogen-bond donors (Lipinski definition) is 0. The van der Waals surface area contributed by atoms with Gasteiger partial charge in [-0.2, -0.15) is 8.78 Å². The van der Waals surface area contributed by atoms with Crippen LogP contribution in [-0.2, 0) is 0 Å². The summed E-state index contributed by atoms with van der Waals surface area (Å²) >= 11 is 9.34. The van der Waals surface area contributed by atoms with Crippen LogP contribution in [0.1, 0.15) is 0 Å². The third kappa shape index (κ3) is 1.24. The Morgan fingerprint density at radius 2 is 1.14 bits per heavy atom. The molecule has 1 rings (SSSR count). The van der Waals surface area contributed by atoms with Crippen LogP contribution < -0.4 is 0 Å². The van der Waals surface area contributed by atoms with Gasteiger partial charge in [-0.1, -0.05) is 23.2 Å². The number of alkyl halides is 4. The molecule has 8 heteroatoms. The predicted molar refractivity (Wildman–Crippen MR) is 37.9 cm³/mol. The molecular weight excluding hydrogens is 257 g/mol. The standard InChI is InChI=1S/C6Cl2F6/c7-5(8)3(11)1(9)2(10)4(12)6(5,13)14. The minimum atomic E-state index is -4.85. The van der Waals surface area contributed by atoms with Crippen LogP contribution in [0.4, 0.5) is 26.3 Å². The average molecular weight is 257 g/mol. The number of rotatable bonds is 0. The summed E-state index contributed by atoms with van der Waals surface area (Å²) in [6.07, 6.45) is 0. The van der Waals surface area contributed by atoms with E-state index in [4.69, 9.17) is 0 Å². The monoisotopic (exact) mass is 256 g/mol. The van der Waals surface area contributed by atoms with E-state index in [1.54, 1.807) is 0 Å². The molecule has 0 nitrogen and oxygen atoms in total. The molecule has 0 bridgehead atoms. The third-order valence-corrected chi connectivity index (χ3v) is 2.33. The number of allylic oxidation sites excluding steroid dienone is 4. The van der Waals surface area contributed by atoms with Crippen molar-refractivity contribution in [3.8, 4) is 0 Å². The SMILES string of the molecule is FC1=C(F)C(F)(F)C(Cl)(Cl)C(F)=C1F. The van der Waals surface area contributed by atoms with Gasteiger partial charge in [-0.05, 0) is 0 Å². The summed E-state index contributed by atoms with van der Waals surface area (Å²) in [5.74, 6) is -15.2. The first-order valence-corrected chi connectivity index (χ1v) is 3.77. The fraction of sp³-hybridized carbons (Fsp3) is 0.333. The van der Waals surface area contributed by atoms with Gasteiger partial charge in [0.2, 0.25) is 10.2 Å². The van der Waals surface area contributed by atoms with E-state index in [-0.39, 0.29) is 0 Å². The summed E-state index contributed by atoms with van der Waals surface area (Å²) in [6.45, 7) is 0. The maximum atomic E-state index is 12.7. The Morgan fingerprint density at radius 3 is 1.57 bits per heavy atom. The van der Waals surface area contributed by atoms with E-state index >= 15 is 0 Å². The highest BCUT2D eigenvalue weighted by atomic mass is 35.5. The lowest BCUT2D eigenvalue weighted by atomic mass is 10.1. The summed E-state index contributed by atoms with van der Waals surface area (Å²) < 4.78 is 71.3. The number of hydrogen-bond acceptors (Lipinski definition) is 0. The molecule has 14 heavy (non-hydrogen) atoms. The van der Waals surface area contributed by atoms with Crippen LogP contribution in [0.15, 0.2) is 23.3 Å². The normalized spacial score (nSPS) is 25.7. The molecule has 0 amide bonds. The molecule has 0 N–H and O–H groups in total. The molecule has 80 valence electrons. The highest BCUT2D eigenvalue weighted by Crippen LogP contribution is 2.55. The Morgan fingerprint density at radius 1 is 0.786 bits per heavy atom. The van der Waals surface area contributed by atoms with Crippen LogP contribution in [0.3, 0.4) is 0 Å². The van der Waals surface area contributed by atoms with E-state index in [2.05, 4.69) is 23.2 Å². The molecule has 0 atom stereocenters. The van der Waals surface area contributed by atoms with Crippen molar-refractivity contribution in [3.05, 3.63) is 23.3 Å². The van der Waals surface area contributed by atoms with Crippen molar-refractivity contribution in [2.45, 2.75) is 10.3 Å². The van der Waals surface area contributed by atoms with Gasteiger partial charge in [0.25, 0.3) is 0 Å². The maximum Gasteiger partial charge on any atom is 0.340 e. The van der Waals surface area contributed by atoms with Gasteiger partial charge >= 0.3 is 5.92 Å². The smallest absolute Gasteiger partial charge is 0.205 e. The third-order valence-electron chi connectivity index (χ3n) is 1.52. The molecule has 0 aromatic heterocycles. The Hall–Kier alpha value is -0.360. The molecule has 0 unspecified atom stereocenters. The first kappa shape index (κ1) is 11.7. The maximum absolute atomic E-state index is 12.7. The average Bonchev–Trinajstić information content (AvgIpc) is 2.10. The topological polar surface area (TPSA) is 0 Å². The van der Waals surface area contributed by atoms with Crippen LogP contribution >= 0.6 is 23.2 Å². The lowest BCUT2D eigenvalue weighted by Crippen LogP contribution is -2.42. The Bertz CT molecular complexity index is 308. The van der Waals surface area contributed by atoms with Crippen LogP contribution in [0.5, 0.6) is 0 Å². The quantitative estimate of drug-likeness (QED) is 0.452. The summed E-state index contributed by atoms with van der Waals surface area (Å²) in [4.78, 5) is 0. The van der Waals surface area contributed by atoms with Crippen LogP contribution in [0.2, 0.25) is 0 Å². The van der Waals surface area contributed by atoms with Crippen molar-refractivity contribution in [2.75, 3.05) is 0 Å². The molecule has 0 saturated heterocycles. The van der Waals surface area contributed by atoms with Gasteiger partial charge in [0.05, 0.1) is 0 Å². The van der Waals surface area contributed by atoms with E-state index in [0.717, 1.165) is 0 Å². The van der Waals surface area contributed by atoms with E-state index < -0.39 is 33.6 Å². The van der Waals surface area contributed by atoms with Crippen molar-refractivity contribution < 1.29 is 26.3 Å². The molecule has 0 fully saturated rings. The zero-order chi connectivity index (χ0) is 11.3. The van der Waals surface area contributed by atoms with Gasteiger partial charge in [-0.25, -0.2) is 17.6 Å². The zero-order valence-electron chi connectivity index (χ0n) is 6.02. The van der Waals surface area contributed by atoms with E-state index in [0.29, 0.717) is 0 Å². The molecule has 0 radical (unpaired) electrons. The second kappa shape index (κ2) is 3.06. The summed E-state index contributed by atoms with van der Waals surface area (Å²) in [5.41, 5.74) is 0. The minimum absolute atomic E-state index is 2.45. The fourth-order valence-corrected chi connectivity index (χ4v) is 1.08. The van der Waals surface area contributed by atoms with Gasteiger partial charge in [-0.3, -0.25) is 0 Å². The van der Waals surface area contributed by atoms with Crippen molar-refractivity contribution in [2.24, 2.45) is 0 Å². The highest BCUT2D eigenvalue weighted by molar-refractivity contribution is 6.51. The summed E-state index contributed by atoms with van der Waals surface area (Å²) in [6, 6.07) is 0. The van der Waals surface area contributed by atoms with Crippen molar-refractivity contribution in [3.63, 3.8) is 0 Å². The van der Waals surface area contributed by atoms with Crippen molar-refractivity contribution in [1.29, 1.82) is 0 Å². The second-order valence-corrected chi connectivity index (χ2v) is 3.73. The lowest BCUT2D eigenvalue weighted by molar-refractivity contribution is -0.00362. The fourth-order valence-electron chi connectivity index (χ4n) is 0.744. The largest absolute Gasteiger partial charge is 0.340 e. The molecule has 0 aromatic carbocycles. The predicted octanol–water partition coefficient (Wildman–Crippen LogP) is 4.11. The van der Waals surface area contributed by atoms with Gasteiger partial charge in [-0.15, -0.1) is 0 Å². The molecule has 0 aliphatic heterocycles. The number of halogens is 8. The molecule has 1 aliphatic carbocycles. The van der Waals surface area contributed by atoms with E-state index in [9.17, 15) is 26.3 Å². The zero-order valence-corrected chi connectivity index (χ0v) is 7.54. The molecule has 0 aromatic rings. The molecular formula is C6Cl2F6. The van der Waals surface area contributed by atoms with E-state index in [1.807, 2.05) is 0 Å². The van der Waals surface area contributed by atoms with Crippen LogP contribution in [0, 0.1) is 0 Å². The summed E-state index contributed by atoms with van der Waals surface area (Å²) in [5, 5.41) is 0. The van der Waals surface area contributed by atoms with Crippen molar-refractivity contribution in [1.82, 2.24) is 0 Å². The molecule has 1 aliphatic rings. The Balaban J connectivity index is 3.48. The van der Waals surface area contributed by atoms with Gasteiger partial charge in [0, 0.05) is 0 Å². The Labute approximate surface area is 83.8 Å². The van der Waals surface area contributed by atoms with Gasteiger partial charge in [0.15, 0.2) is 17.5 Å².